The molecule has 0 aromatic carbocycles. The summed E-state index contributed by atoms with van der Waals surface area (Å²) in [6, 6.07) is 6.05. The van der Waals surface area contributed by atoms with Crippen LogP contribution >= 0.6 is 0 Å². The second-order valence-corrected chi connectivity index (χ2v) is 5.79. The highest BCUT2D eigenvalue weighted by molar-refractivity contribution is 5.23. The molecule has 0 aliphatic carbocycles. The summed E-state index contributed by atoms with van der Waals surface area (Å²) in [6.07, 6.45) is 0. The number of hydrogen-bond donors (Lipinski definition) is 1. The Morgan fingerprint density at radius 2 is 1.69 bits per heavy atom. The Balaban J connectivity index is 3.19. The molecule has 1 aromatic heterocycles. The Bertz CT molecular complexity index is 361. The third kappa shape index (κ3) is 2.43. The van der Waals surface area contributed by atoms with E-state index < -0.39 is 5.60 Å². The lowest BCUT2D eigenvalue weighted by Gasteiger charge is -2.37. The Morgan fingerprint density at radius 1 is 1.12 bits per heavy atom. The predicted molar refractivity (Wildman–Crippen MR) is 67.6 cm³/mol. The van der Waals surface area contributed by atoms with Crippen LogP contribution in [-0.4, -0.2) is 15.7 Å². The normalized spacial score (nSPS) is 13.2. The molecular formula is C14H23NO. The predicted octanol–water partition coefficient (Wildman–Crippen LogP) is 3.25. The molecule has 0 spiro atoms. The number of rotatable bonds is 3. The molecule has 2 nitrogen and oxygen atoms in total. The highest BCUT2D eigenvalue weighted by Gasteiger charge is 2.37. The molecule has 1 heterocycles. The molecular weight excluding hydrogens is 198 g/mol. The van der Waals surface area contributed by atoms with Crippen molar-refractivity contribution in [3.05, 3.63) is 29.6 Å². The molecule has 0 aliphatic rings. The maximum absolute atomic E-state index is 10.2. The third-order valence-corrected chi connectivity index (χ3v) is 3.53. The molecule has 0 amide bonds. The van der Waals surface area contributed by atoms with Gasteiger partial charge in [-0.2, -0.15) is 0 Å². The van der Waals surface area contributed by atoms with Gasteiger partial charge in [0, 0.05) is 16.8 Å². The van der Waals surface area contributed by atoms with Gasteiger partial charge < -0.3 is 5.11 Å². The Morgan fingerprint density at radius 3 is 2.12 bits per heavy atom. The maximum Gasteiger partial charge on any atom is 0.0697 e. The standard InChI is InChI=1S/C14H23NO/c1-10(2)11-8-7-9-12(15-11)13(3,4)14(5,6)16/h7-10,16H,1-6H3. The lowest BCUT2D eigenvalue weighted by molar-refractivity contribution is 0.00767. The highest BCUT2D eigenvalue weighted by atomic mass is 16.3. The summed E-state index contributed by atoms with van der Waals surface area (Å²) < 4.78 is 0. The van der Waals surface area contributed by atoms with Crippen LogP contribution in [0.1, 0.15) is 58.8 Å². The molecule has 0 radical (unpaired) electrons. The van der Waals surface area contributed by atoms with E-state index in [2.05, 4.69) is 18.8 Å². The maximum atomic E-state index is 10.2. The van der Waals surface area contributed by atoms with E-state index in [9.17, 15) is 5.11 Å². The van der Waals surface area contributed by atoms with Gasteiger partial charge in [0.1, 0.15) is 0 Å². The Kier molecular flexibility index (Phi) is 3.44. The lowest BCUT2D eigenvalue weighted by Crippen LogP contribution is -2.43. The van der Waals surface area contributed by atoms with Gasteiger partial charge in [-0.25, -0.2) is 0 Å². The van der Waals surface area contributed by atoms with Crippen molar-refractivity contribution in [2.45, 2.75) is 58.5 Å². The molecule has 1 rings (SSSR count). The summed E-state index contributed by atoms with van der Waals surface area (Å²) in [4.78, 5) is 4.65. The minimum atomic E-state index is -0.782. The van der Waals surface area contributed by atoms with Gasteiger partial charge in [0.15, 0.2) is 0 Å². The molecule has 90 valence electrons. The van der Waals surface area contributed by atoms with Crippen LogP contribution in [0.25, 0.3) is 0 Å². The topological polar surface area (TPSA) is 33.1 Å². The van der Waals surface area contributed by atoms with Crippen molar-refractivity contribution in [3.63, 3.8) is 0 Å². The van der Waals surface area contributed by atoms with Crippen molar-refractivity contribution in [1.82, 2.24) is 4.98 Å². The van der Waals surface area contributed by atoms with Gasteiger partial charge >= 0.3 is 0 Å². The van der Waals surface area contributed by atoms with Crippen LogP contribution in [0.15, 0.2) is 18.2 Å². The fourth-order valence-corrected chi connectivity index (χ4v) is 1.43. The van der Waals surface area contributed by atoms with Crippen LogP contribution in [0.5, 0.6) is 0 Å². The fourth-order valence-electron chi connectivity index (χ4n) is 1.43. The monoisotopic (exact) mass is 221 g/mol. The van der Waals surface area contributed by atoms with Gasteiger partial charge in [-0.15, -0.1) is 0 Å². The molecule has 1 aromatic rings. The summed E-state index contributed by atoms with van der Waals surface area (Å²) in [5.74, 6) is 0.414. The molecule has 2 heteroatoms. The molecule has 0 aliphatic heterocycles. The number of nitrogens with zero attached hydrogens (tertiary/aromatic N) is 1. The van der Waals surface area contributed by atoms with Crippen molar-refractivity contribution in [1.29, 1.82) is 0 Å². The second-order valence-electron chi connectivity index (χ2n) is 5.79. The van der Waals surface area contributed by atoms with Gasteiger partial charge in [-0.05, 0) is 31.9 Å². The molecule has 0 atom stereocenters. The van der Waals surface area contributed by atoms with E-state index in [1.165, 1.54) is 0 Å². The minimum Gasteiger partial charge on any atom is -0.390 e. The van der Waals surface area contributed by atoms with Crippen molar-refractivity contribution < 1.29 is 5.11 Å². The first kappa shape index (κ1) is 13.2. The summed E-state index contributed by atoms with van der Waals surface area (Å²) in [6.45, 7) is 12.0. The fraction of sp³-hybridized carbons (Fsp3) is 0.643. The molecule has 0 unspecified atom stereocenters. The average molecular weight is 221 g/mol. The number of aromatic nitrogens is 1. The van der Waals surface area contributed by atoms with E-state index in [1.54, 1.807) is 0 Å². The van der Waals surface area contributed by atoms with E-state index in [4.69, 9.17) is 0 Å². The van der Waals surface area contributed by atoms with Crippen LogP contribution in [0, 0.1) is 0 Å². The first-order valence-corrected chi connectivity index (χ1v) is 5.86. The second kappa shape index (κ2) is 4.17. The first-order valence-electron chi connectivity index (χ1n) is 5.86. The van der Waals surface area contributed by atoms with Crippen LogP contribution < -0.4 is 0 Å². The van der Waals surface area contributed by atoms with Crippen LogP contribution in [0.2, 0.25) is 0 Å². The SMILES string of the molecule is CC(C)c1cccc(C(C)(C)C(C)(C)O)n1. The van der Waals surface area contributed by atoms with Gasteiger partial charge in [0.25, 0.3) is 0 Å². The Labute approximate surface area is 98.7 Å². The molecule has 1 N–H and O–H groups in total. The average Bonchev–Trinajstić information content (AvgIpc) is 2.16. The molecule has 0 saturated carbocycles. The largest absolute Gasteiger partial charge is 0.390 e. The van der Waals surface area contributed by atoms with Crippen LogP contribution in [-0.2, 0) is 5.41 Å². The van der Waals surface area contributed by atoms with Crippen LogP contribution in [0.3, 0.4) is 0 Å². The Hall–Kier alpha value is -0.890. The molecule has 16 heavy (non-hydrogen) atoms. The van der Waals surface area contributed by atoms with Crippen molar-refractivity contribution in [2.75, 3.05) is 0 Å². The zero-order valence-corrected chi connectivity index (χ0v) is 11.2. The van der Waals surface area contributed by atoms with Gasteiger partial charge in [-0.1, -0.05) is 33.8 Å². The quantitative estimate of drug-likeness (QED) is 0.850. The highest BCUT2D eigenvalue weighted by Crippen LogP contribution is 2.33. The first-order chi connectivity index (χ1) is 7.16. The molecule has 0 fully saturated rings. The summed E-state index contributed by atoms with van der Waals surface area (Å²) in [5, 5.41) is 10.2. The zero-order chi connectivity index (χ0) is 12.6. The molecule has 0 saturated heterocycles. The lowest BCUT2D eigenvalue weighted by atomic mass is 9.74. The summed E-state index contributed by atoms with van der Waals surface area (Å²) in [5.41, 5.74) is 0.897. The van der Waals surface area contributed by atoms with Gasteiger partial charge in [0.2, 0.25) is 0 Å². The van der Waals surface area contributed by atoms with E-state index in [-0.39, 0.29) is 5.41 Å². The molecule has 0 bridgehead atoms. The summed E-state index contributed by atoms with van der Waals surface area (Å²) >= 11 is 0. The van der Waals surface area contributed by atoms with Gasteiger partial charge in [0.05, 0.1) is 5.60 Å². The minimum absolute atomic E-state index is 0.349. The van der Waals surface area contributed by atoms with E-state index in [0.29, 0.717) is 5.92 Å². The van der Waals surface area contributed by atoms with Crippen molar-refractivity contribution >= 4 is 0 Å². The van der Waals surface area contributed by atoms with E-state index >= 15 is 0 Å². The summed E-state index contributed by atoms with van der Waals surface area (Å²) in [7, 11) is 0. The van der Waals surface area contributed by atoms with E-state index in [1.807, 2.05) is 45.9 Å². The zero-order valence-electron chi connectivity index (χ0n) is 11.2. The number of pyridine rings is 1. The van der Waals surface area contributed by atoms with Crippen LogP contribution in [0.4, 0.5) is 0 Å². The van der Waals surface area contributed by atoms with E-state index in [0.717, 1.165) is 11.4 Å². The van der Waals surface area contributed by atoms with Gasteiger partial charge in [-0.3, -0.25) is 4.98 Å². The third-order valence-electron chi connectivity index (χ3n) is 3.53. The number of hydrogen-bond acceptors (Lipinski definition) is 2. The number of aliphatic hydroxyl groups is 1. The van der Waals surface area contributed by atoms with Crippen molar-refractivity contribution in [2.24, 2.45) is 0 Å². The smallest absolute Gasteiger partial charge is 0.0697 e. The van der Waals surface area contributed by atoms with Crippen molar-refractivity contribution in [3.8, 4) is 0 Å².